The Morgan fingerprint density at radius 2 is 2.00 bits per heavy atom. The molecule has 0 unspecified atom stereocenters. The molecule has 0 saturated carbocycles. The van der Waals surface area contributed by atoms with Crippen LogP contribution in [0.25, 0.3) is 11.0 Å². The first-order valence-electron chi connectivity index (χ1n) is 7.59. The summed E-state index contributed by atoms with van der Waals surface area (Å²) in [6.07, 6.45) is 3.48. The zero-order valence-electron chi connectivity index (χ0n) is 14.1. The SMILES string of the molecule is CC(C)(C)[Si](C)(C)OCCNc1cnc2cccnc2c1N. The van der Waals surface area contributed by atoms with Gasteiger partial charge in [-0.15, -0.1) is 0 Å². The van der Waals surface area contributed by atoms with Gasteiger partial charge in [0.2, 0.25) is 0 Å². The maximum absolute atomic E-state index is 6.16. The number of nitrogens with one attached hydrogen (secondary N) is 1. The lowest BCUT2D eigenvalue weighted by Crippen LogP contribution is -2.41. The van der Waals surface area contributed by atoms with Crippen LogP contribution in [0, 0.1) is 0 Å². The van der Waals surface area contributed by atoms with Crippen LogP contribution in [-0.2, 0) is 4.43 Å². The molecule has 0 amide bonds. The van der Waals surface area contributed by atoms with Crippen molar-refractivity contribution in [1.82, 2.24) is 9.97 Å². The van der Waals surface area contributed by atoms with Crippen molar-refractivity contribution in [2.75, 3.05) is 24.2 Å². The van der Waals surface area contributed by atoms with Crippen LogP contribution in [-0.4, -0.2) is 31.4 Å². The van der Waals surface area contributed by atoms with Gasteiger partial charge in [0, 0.05) is 12.7 Å². The molecule has 22 heavy (non-hydrogen) atoms. The summed E-state index contributed by atoms with van der Waals surface area (Å²) in [4.78, 5) is 8.66. The molecular formula is C16H26N4OSi. The predicted octanol–water partition coefficient (Wildman–Crippen LogP) is 3.65. The Morgan fingerprint density at radius 1 is 1.27 bits per heavy atom. The summed E-state index contributed by atoms with van der Waals surface area (Å²) in [5.74, 6) is 0. The Kier molecular flexibility index (Phi) is 4.72. The quantitative estimate of drug-likeness (QED) is 0.650. The second kappa shape index (κ2) is 6.22. The molecule has 0 fully saturated rings. The van der Waals surface area contributed by atoms with Gasteiger partial charge in [-0.1, -0.05) is 20.8 Å². The standard InChI is InChI=1S/C16H26N4OSi/c1-16(2,3)22(4,5)21-10-9-18-13-11-20-12-7-6-8-19-15(12)14(13)17/h6-8,11,18H,9-10H2,1-5H3,(H2,17,20). The van der Waals surface area contributed by atoms with E-state index >= 15 is 0 Å². The minimum absolute atomic E-state index is 0.223. The molecule has 2 heterocycles. The van der Waals surface area contributed by atoms with Crippen LogP contribution in [0.15, 0.2) is 24.5 Å². The van der Waals surface area contributed by atoms with Gasteiger partial charge in [-0.2, -0.15) is 0 Å². The number of nitrogens with two attached hydrogens (primary N) is 1. The van der Waals surface area contributed by atoms with E-state index in [1.165, 1.54) is 0 Å². The predicted molar refractivity (Wildman–Crippen MR) is 95.6 cm³/mol. The molecule has 2 aromatic heterocycles. The number of hydrogen-bond donors (Lipinski definition) is 2. The first-order chi connectivity index (χ1) is 10.2. The van der Waals surface area contributed by atoms with Gasteiger partial charge in [0.1, 0.15) is 5.52 Å². The van der Waals surface area contributed by atoms with Crippen LogP contribution < -0.4 is 11.1 Å². The third-order valence-corrected chi connectivity index (χ3v) is 8.89. The number of hydrogen-bond acceptors (Lipinski definition) is 5. The number of nitrogens with zero attached hydrogens (tertiary/aromatic N) is 2. The van der Waals surface area contributed by atoms with Gasteiger partial charge in [0.25, 0.3) is 0 Å². The van der Waals surface area contributed by atoms with Gasteiger partial charge in [0.15, 0.2) is 8.32 Å². The lowest BCUT2D eigenvalue weighted by Gasteiger charge is -2.36. The second-order valence-electron chi connectivity index (χ2n) is 6.99. The molecule has 0 aliphatic carbocycles. The average molecular weight is 318 g/mol. The fraction of sp³-hybridized carbons (Fsp3) is 0.500. The van der Waals surface area contributed by atoms with Gasteiger partial charge in [-0.25, -0.2) is 0 Å². The lowest BCUT2D eigenvalue weighted by atomic mass is 10.2. The molecule has 6 heteroatoms. The molecule has 0 radical (unpaired) electrons. The minimum atomic E-state index is -1.70. The van der Waals surface area contributed by atoms with E-state index in [2.05, 4.69) is 49.1 Å². The van der Waals surface area contributed by atoms with Gasteiger partial charge < -0.3 is 15.5 Å². The molecule has 3 N–H and O–H groups in total. The Hall–Kier alpha value is -1.66. The molecule has 2 aromatic rings. The topological polar surface area (TPSA) is 73.1 Å². The van der Waals surface area contributed by atoms with Crippen LogP contribution in [0.1, 0.15) is 20.8 Å². The van der Waals surface area contributed by atoms with Gasteiger partial charge in [0.05, 0.1) is 29.7 Å². The van der Waals surface area contributed by atoms with Crippen molar-refractivity contribution in [3.05, 3.63) is 24.5 Å². The summed E-state index contributed by atoms with van der Waals surface area (Å²) in [5, 5.41) is 3.52. The molecule has 0 saturated heterocycles. The molecule has 0 aliphatic rings. The highest BCUT2D eigenvalue weighted by Crippen LogP contribution is 2.36. The number of pyridine rings is 2. The van der Waals surface area contributed by atoms with Crippen LogP contribution in [0.2, 0.25) is 18.1 Å². The molecule has 0 bridgehead atoms. The molecule has 0 aromatic carbocycles. The summed E-state index contributed by atoms with van der Waals surface area (Å²) in [7, 11) is -1.70. The van der Waals surface area contributed by atoms with Crippen molar-refractivity contribution in [3.63, 3.8) is 0 Å². The number of nitrogen functional groups attached to an aromatic ring is 1. The van der Waals surface area contributed by atoms with E-state index in [-0.39, 0.29) is 5.04 Å². The Balaban J connectivity index is 1.97. The van der Waals surface area contributed by atoms with E-state index in [9.17, 15) is 0 Å². The van der Waals surface area contributed by atoms with Gasteiger partial charge in [-0.05, 0) is 30.3 Å². The van der Waals surface area contributed by atoms with Crippen molar-refractivity contribution in [2.45, 2.75) is 38.9 Å². The molecular weight excluding hydrogens is 292 g/mol. The monoisotopic (exact) mass is 318 g/mol. The Labute approximate surface area is 133 Å². The molecule has 0 aliphatic heterocycles. The first-order valence-corrected chi connectivity index (χ1v) is 10.5. The highest BCUT2D eigenvalue weighted by atomic mass is 28.4. The van der Waals surface area contributed by atoms with Crippen LogP contribution in [0.3, 0.4) is 0 Å². The fourth-order valence-electron chi connectivity index (χ4n) is 1.89. The number of anilines is 2. The molecule has 0 atom stereocenters. The zero-order chi connectivity index (χ0) is 16.4. The smallest absolute Gasteiger partial charge is 0.192 e. The largest absolute Gasteiger partial charge is 0.415 e. The lowest BCUT2D eigenvalue weighted by molar-refractivity contribution is 0.301. The maximum Gasteiger partial charge on any atom is 0.192 e. The summed E-state index contributed by atoms with van der Waals surface area (Å²) in [5.41, 5.74) is 9.15. The third-order valence-electron chi connectivity index (χ3n) is 4.35. The van der Waals surface area contributed by atoms with Crippen LogP contribution >= 0.6 is 0 Å². The van der Waals surface area contributed by atoms with E-state index in [4.69, 9.17) is 10.2 Å². The highest BCUT2D eigenvalue weighted by molar-refractivity contribution is 6.74. The Morgan fingerprint density at radius 3 is 2.68 bits per heavy atom. The number of aromatic nitrogens is 2. The maximum atomic E-state index is 6.16. The van der Waals surface area contributed by atoms with Crippen molar-refractivity contribution >= 4 is 30.7 Å². The van der Waals surface area contributed by atoms with Crippen LogP contribution in [0.4, 0.5) is 11.4 Å². The normalized spacial score (nSPS) is 12.6. The molecule has 2 rings (SSSR count). The minimum Gasteiger partial charge on any atom is -0.415 e. The van der Waals surface area contributed by atoms with Crippen molar-refractivity contribution in [3.8, 4) is 0 Å². The fourth-order valence-corrected chi connectivity index (χ4v) is 2.93. The van der Waals surface area contributed by atoms with E-state index < -0.39 is 8.32 Å². The van der Waals surface area contributed by atoms with Crippen molar-refractivity contribution in [1.29, 1.82) is 0 Å². The number of rotatable bonds is 5. The zero-order valence-corrected chi connectivity index (χ0v) is 15.1. The summed E-state index contributed by atoms with van der Waals surface area (Å²) < 4.78 is 6.14. The van der Waals surface area contributed by atoms with E-state index in [0.29, 0.717) is 18.8 Å². The third kappa shape index (κ3) is 3.56. The van der Waals surface area contributed by atoms with E-state index in [1.54, 1.807) is 12.4 Å². The first kappa shape index (κ1) is 16.7. The van der Waals surface area contributed by atoms with Crippen molar-refractivity contribution in [2.24, 2.45) is 0 Å². The van der Waals surface area contributed by atoms with Gasteiger partial charge in [-0.3, -0.25) is 9.97 Å². The summed E-state index contributed by atoms with van der Waals surface area (Å²) in [6.45, 7) is 12.6. The van der Waals surface area contributed by atoms with E-state index in [0.717, 1.165) is 16.7 Å². The van der Waals surface area contributed by atoms with Gasteiger partial charge >= 0.3 is 0 Å². The van der Waals surface area contributed by atoms with E-state index in [1.807, 2.05) is 12.1 Å². The second-order valence-corrected chi connectivity index (χ2v) is 11.8. The summed E-state index contributed by atoms with van der Waals surface area (Å²) in [6, 6.07) is 3.76. The Bertz CT molecular complexity index is 652. The average Bonchev–Trinajstić information content (AvgIpc) is 2.44. The highest BCUT2D eigenvalue weighted by Gasteiger charge is 2.36. The van der Waals surface area contributed by atoms with Crippen LogP contribution in [0.5, 0.6) is 0 Å². The number of fused-ring (bicyclic) bond motifs is 1. The van der Waals surface area contributed by atoms with Crippen molar-refractivity contribution < 1.29 is 4.43 Å². The molecule has 0 spiro atoms. The summed E-state index contributed by atoms with van der Waals surface area (Å²) >= 11 is 0. The molecule has 120 valence electrons. The molecule has 5 nitrogen and oxygen atoms in total.